The van der Waals surface area contributed by atoms with E-state index in [4.69, 9.17) is 14.2 Å². The lowest BCUT2D eigenvalue weighted by Crippen LogP contribution is -2.30. The third-order valence-corrected chi connectivity index (χ3v) is 12.8. The zero-order valence-corrected chi connectivity index (χ0v) is 50.1. The average molecular weight is 1080 g/mol. The molecular formula is C72H114O6. The lowest BCUT2D eigenvalue weighted by atomic mass is 10.0. The van der Waals surface area contributed by atoms with E-state index in [0.717, 1.165) is 135 Å². The molecule has 0 saturated carbocycles. The Morgan fingerprint density at radius 1 is 0.269 bits per heavy atom. The Bertz CT molecular complexity index is 1760. The average Bonchev–Trinajstić information content (AvgIpc) is 3.44. The lowest BCUT2D eigenvalue weighted by molar-refractivity contribution is -0.166. The molecule has 0 heterocycles. The van der Waals surface area contributed by atoms with Crippen molar-refractivity contribution in [2.45, 2.75) is 264 Å². The quantitative estimate of drug-likeness (QED) is 0.0261. The second kappa shape index (κ2) is 64.6. The minimum Gasteiger partial charge on any atom is -0.462 e. The molecule has 0 fully saturated rings. The van der Waals surface area contributed by atoms with Gasteiger partial charge in [-0.15, -0.1) is 0 Å². The van der Waals surface area contributed by atoms with Crippen LogP contribution in [0, 0.1) is 0 Å². The van der Waals surface area contributed by atoms with E-state index < -0.39 is 12.1 Å². The number of hydrogen-bond donors (Lipinski definition) is 0. The molecule has 6 heteroatoms. The predicted octanol–water partition coefficient (Wildman–Crippen LogP) is 21.7. The van der Waals surface area contributed by atoms with Crippen LogP contribution in [-0.4, -0.2) is 37.2 Å². The van der Waals surface area contributed by atoms with Crippen molar-refractivity contribution in [3.63, 3.8) is 0 Å². The summed E-state index contributed by atoms with van der Waals surface area (Å²) in [5.41, 5.74) is 0. The summed E-state index contributed by atoms with van der Waals surface area (Å²) in [6.45, 7) is 6.29. The lowest BCUT2D eigenvalue weighted by Gasteiger charge is -2.18. The highest BCUT2D eigenvalue weighted by molar-refractivity contribution is 5.71. The summed E-state index contributed by atoms with van der Waals surface area (Å²) >= 11 is 0. The van der Waals surface area contributed by atoms with Crippen LogP contribution in [0.3, 0.4) is 0 Å². The summed E-state index contributed by atoms with van der Waals surface area (Å²) in [5, 5.41) is 0. The Hall–Kier alpha value is -4.97. The molecule has 0 spiro atoms. The van der Waals surface area contributed by atoms with Gasteiger partial charge in [-0.2, -0.15) is 0 Å². The molecule has 6 nitrogen and oxygen atoms in total. The van der Waals surface area contributed by atoms with Gasteiger partial charge in [0.2, 0.25) is 0 Å². The summed E-state index contributed by atoms with van der Waals surface area (Å²) in [6.07, 6.45) is 94.0. The Morgan fingerprint density at radius 3 is 0.833 bits per heavy atom. The zero-order chi connectivity index (χ0) is 56.4. The highest BCUT2D eigenvalue weighted by atomic mass is 16.6. The standard InChI is InChI=1S/C72H114O6/c1-4-7-10-13-16-19-22-25-28-30-32-33-34-35-36-37-38-39-41-42-44-47-50-53-56-59-62-65-71(74)77-68-69(67-76-70(73)64-61-58-55-52-49-46-27-24-21-18-15-12-9-6-3)78-72(75)66-63-60-57-54-51-48-45-43-40-31-29-26-23-20-17-14-11-8-5-2/h7-8,10-11,15-20,24-29,32-33,35-36,40,43,48,51,57,60,69H,4-6,9,12-14,21-23,30-31,34,37-39,41-42,44-47,49-50,52-56,58-59,61-68H2,1-3H3/b10-7-,11-8-,18-15-,19-16-,20-17-,27-24-,28-25-,29-26-,33-32-,36-35-,43-40-,51-48-,60-57-. The molecule has 78 heavy (non-hydrogen) atoms. The molecule has 1 atom stereocenters. The van der Waals surface area contributed by atoms with Crippen LogP contribution in [0.25, 0.3) is 0 Å². The van der Waals surface area contributed by atoms with Gasteiger partial charge in [-0.3, -0.25) is 14.4 Å². The first-order valence-corrected chi connectivity index (χ1v) is 31.5. The predicted molar refractivity (Wildman–Crippen MR) is 338 cm³/mol. The fourth-order valence-corrected chi connectivity index (χ4v) is 8.10. The molecule has 0 radical (unpaired) electrons. The monoisotopic (exact) mass is 1070 g/mol. The van der Waals surface area contributed by atoms with Crippen molar-refractivity contribution in [3.8, 4) is 0 Å². The van der Waals surface area contributed by atoms with Crippen molar-refractivity contribution < 1.29 is 28.6 Å². The van der Waals surface area contributed by atoms with E-state index in [-0.39, 0.29) is 31.6 Å². The number of esters is 3. The molecule has 0 aromatic rings. The van der Waals surface area contributed by atoms with Crippen molar-refractivity contribution in [1.82, 2.24) is 0 Å². The topological polar surface area (TPSA) is 78.9 Å². The van der Waals surface area contributed by atoms with Gasteiger partial charge in [-0.25, -0.2) is 0 Å². The molecule has 0 aromatic carbocycles. The van der Waals surface area contributed by atoms with Crippen LogP contribution in [0.2, 0.25) is 0 Å². The molecule has 0 N–H and O–H groups in total. The highest BCUT2D eigenvalue weighted by Crippen LogP contribution is 2.14. The SMILES string of the molecule is CC/C=C\C/C=C\C/C=C\C/C=C\C/C=C\C/C=C\CCC(=O)OC(COC(=O)CCCCCCC/C=C\C/C=C\CCCC)COC(=O)CCCCCCCCCCCCC/C=C\C/C=C\C/C=C\C/C=C\C/C=C\CC. The number of allylic oxidation sites excluding steroid dienone is 26. The molecule has 438 valence electrons. The maximum absolute atomic E-state index is 12.9. The van der Waals surface area contributed by atoms with E-state index in [9.17, 15) is 14.4 Å². The first-order valence-electron chi connectivity index (χ1n) is 31.5. The number of carbonyl (C=O) groups is 3. The van der Waals surface area contributed by atoms with E-state index in [2.05, 4.69) is 167 Å². The molecule has 0 aromatic heterocycles. The van der Waals surface area contributed by atoms with Gasteiger partial charge >= 0.3 is 17.9 Å². The van der Waals surface area contributed by atoms with Gasteiger partial charge in [0.25, 0.3) is 0 Å². The molecule has 0 amide bonds. The van der Waals surface area contributed by atoms with Gasteiger partial charge in [0.05, 0.1) is 0 Å². The Morgan fingerprint density at radius 2 is 0.526 bits per heavy atom. The van der Waals surface area contributed by atoms with E-state index >= 15 is 0 Å². The van der Waals surface area contributed by atoms with Crippen molar-refractivity contribution in [3.05, 3.63) is 158 Å². The minimum absolute atomic E-state index is 0.120. The summed E-state index contributed by atoms with van der Waals surface area (Å²) in [7, 11) is 0. The molecule has 0 rings (SSSR count). The first kappa shape index (κ1) is 73.0. The van der Waals surface area contributed by atoms with Crippen LogP contribution in [-0.2, 0) is 28.6 Å². The maximum Gasteiger partial charge on any atom is 0.306 e. The third kappa shape index (κ3) is 61.9. The number of ether oxygens (including phenoxy) is 3. The largest absolute Gasteiger partial charge is 0.462 e. The fourth-order valence-electron chi connectivity index (χ4n) is 8.10. The Balaban J connectivity index is 4.45. The number of hydrogen-bond acceptors (Lipinski definition) is 6. The van der Waals surface area contributed by atoms with Crippen LogP contribution in [0.5, 0.6) is 0 Å². The number of carbonyl (C=O) groups excluding carboxylic acids is 3. The van der Waals surface area contributed by atoms with Gasteiger partial charge in [0.15, 0.2) is 6.10 Å². The van der Waals surface area contributed by atoms with Gasteiger partial charge in [0.1, 0.15) is 13.2 Å². The summed E-state index contributed by atoms with van der Waals surface area (Å²) in [6, 6.07) is 0. The normalized spacial score (nSPS) is 13.2. The van der Waals surface area contributed by atoms with Gasteiger partial charge < -0.3 is 14.2 Å². The van der Waals surface area contributed by atoms with Crippen molar-refractivity contribution in [1.29, 1.82) is 0 Å². The second-order valence-electron chi connectivity index (χ2n) is 20.2. The van der Waals surface area contributed by atoms with Crippen molar-refractivity contribution in [2.75, 3.05) is 13.2 Å². The molecule has 1 unspecified atom stereocenters. The van der Waals surface area contributed by atoms with Crippen molar-refractivity contribution >= 4 is 17.9 Å². The third-order valence-electron chi connectivity index (χ3n) is 12.8. The molecule has 0 saturated heterocycles. The van der Waals surface area contributed by atoms with Crippen LogP contribution < -0.4 is 0 Å². The van der Waals surface area contributed by atoms with Gasteiger partial charge in [-0.1, -0.05) is 269 Å². The minimum atomic E-state index is -0.834. The molecule has 0 bridgehead atoms. The highest BCUT2D eigenvalue weighted by Gasteiger charge is 2.19. The van der Waals surface area contributed by atoms with Crippen LogP contribution >= 0.6 is 0 Å². The fraction of sp³-hybridized carbons (Fsp3) is 0.597. The van der Waals surface area contributed by atoms with Crippen LogP contribution in [0.15, 0.2) is 158 Å². The smallest absolute Gasteiger partial charge is 0.306 e. The first-order chi connectivity index (χ1) is 38.5. The summed E-state index contributed by atoms with van der Waals surface area (Å²) in [5.74, 6) is -1.03. The molecule has 0 aliphatic heterocycles. The number of rotatable bonds is 55. The Labute approximate surface area is 480 Å². The van der Waals surface area contributed by atoms with Gasteiger partial charge in [-0.05, 0) is 128 Å². The zero-order valence-electron chi connectivity index (χ0n) is 50.1. The van der Waals surface area contributed by atoms with E-state index in [1.165, 1.54) is 77.0 Å². The van der Waals surface area contributed by atoms with Crippen LogP contribution in [0.4, 0.5) is 0 Å². The van der Waals surface area contributed by atoms with Crippen LogP contribution in [0.1, 0.15) is 258 Å². The van der Waals surface area contributed by atoms with E-state index in [1.54, 1.807) is 0 Å². The molecule has 0 aliphatic rings. The molecule has 0 aliphatic carbocycles. The Kier molecular flexibility index (Phi) is 60.4. The number of unbranched alkanes of at least 4 members (excludes halogenated alkanes) is 18. The van der Waals surface area contributed by atoms with Crippen molar-refractivity contribution in [2.24, 2.45) is 0 Å². The van der Waals surface area contributed by atoms with E-state index in [1.807, 2.05) is 12.2 Å². The summed E-state index contributed by atoms with van der Waals surface area (Å²) in [4.78, 5) is 38.3. The van der Waals surface area contributed by atoms with Gasteiger partial charge in [0, 0.05) is 19.3 Å². The summed E-state index contributed by atoms with van der Waals surface area (Å²) < 4.78 is 16.8. The molecular weight excluding hydrogens is 961 g/mol. The second-order valence-corrected chi connectivity index (χ2v) is 20.2. The maximum atomic E-state index is 12.9. The van der Waals surface area contributed by atoms with E-state index in [0.29, 0.717) is 19.3 Å².